The van der Waals surface area contributed by atoms with E-state index < -0.39 is 15.7 Å². The summed E-state index contributed by atoms with van der Waals surface area (Å²) in [6.07, 6.45) is 1.19. The first kappa shape index (κ1) is 19.9. The molecule has 29 heavy (non-hydrogen) atoms. The Hall–Kier alpha value is -3.80. The zero-order valence-electron chi connectivity index (χ0n) is 15.3. The fourth-order valence-corrected chi connectivity index (χ4v) is 2.87. The molecule has 0 radical (unpaired) electrons. The summed E-state index contributed by atoms with van der Waals surface area (Å²) in [6, 6.07) is 8.96. The molecule has 0 saturated carbocycles. The number of amides is 1. The topological polar surface area (TPSA) is 147 Å². The van der Waals surface area contributed by atoms with Crippen LogP contribution < -0.4 is 10.3 Å². The Morgan fingerprint density at radius 1 is 1.07 bits per heavy atom. The molecule has 0 spiro atoms. The molecular weight excluding hydrogens is 384 g/mol. The van der Waals surface area contributed by atoms with Crippen LogP contribution in [0.15, 0.2) is 45.9 Å². The van der Waals surface area contributed by atoms with Crippen molar-refractivity contribution in [2.75, 3.05) is 37.6 Å². The highest BCUT2D eigenvalue weighted by atomic mass is 16.6. The zero-order chi connectivity index (χ0) is 20.8. The van der Waals surface area contributed by atoms with Crippen molar-refractivity contribution in [1.82, 2.24) is 10.3 Å². The van der Waals surface area contributed by atoms with Crippen LogP contribution in [0.1, 0.15) is 5.76 Å². The monoisotopic (exact) mass is 402 g/mol. The van der Waals surface area contributed by atoms with Gasteiger partial charge in [0.1, 0.15) is 4.92 Å². The number of hydrogen-bond acceptors (Lipinski definition) is 9. The number of nitro groups is 2. The van der Waals surface area contributed by atoms with Gasteiger partial charge in [0, 0.05) is 44.0 Å². The molecule has 0 atom stereocenters. The molecule has 12 nitrogen and oxygen atoms in total. The van der Waals surface area contributed by atoms with Crippen molar-refractivity contribution >= 4 is 29.4 Å². The Kier molecular flexibility index (Phi) is 6.14. The number of piperazine rings is 1. The predicted molar refractivity (Wildman–Crippen MR) is 103 cm³/mol. The Morgan fingerprint density at radius 3 is 2.34 bits per heavy atom. The maximum atomic E-state index is 12.0. The van der Waals surface area contributed by atoms with Crippen LogP contribution in [-0.2, 0) is 4.79 Å². The quantitative estimate of drug-likeness (QED) is 0.415. The van der Waals surface area contributed by atoms with Gasteiger partial charge >= 0.3 is 5.88 Å². The van der Waals surface area contributed by atoms with Crippen molar-refractivity contribution in [3.63, 3.8) is 0 Å². The standard InChI is InChI=1S/C17H18N6O6/c24-16(19-18-11-15-5-6-17(29-15)23(27)28)12-20-7-9-21(10-8-20)13-1-3-14(4-2-13)22(25)26/h1-6,11H,7-10,12H2,(H,19,24)/b18-11+. The second kappa shape index (κ2) is 8.93. The minimum Gasteiger partial charge on any atom is -0.400 e. The average molecular weight is 402 g/mol. The van der Waals surface area contributed by atoms with Gasteiger partial charge in [0.15, 0.2) is 5.76 Å². The van der Waals surface area contributed by atoms with Crippen molar-refractivity contribution in [1.29, 1.82) is 0 Å². The summed E-state index contributed by atoms with van der Waals surface area (Å²) in [7, 11) is 0. The number of nitrogens with one attached hydrogen (secondary N) is 1. The smallest absolute Gasteiger partial charge is 0.400 e. The van der Waals surface area contributed by atoms with E-state index in [-0.39, 0.29) is 23.9 Å². The summed E-state index contributed by atoms with van der Waals surface area (Å²) in [5.41, 5.74) is 3.31. The minimum absolute atomic E-state index is 0.0498. The Balaban J connectivity index is 1.42. The Labute approximate surface area is 164 Å². The molecule has 0 bridgehead atoms. The summed E-state index contributed by atoms with van der Waals surface area (Å²) in [5.74, 6) is -0.552. The molecule has 1 aliphatic heterocycles. The van der Waals surface area contributed by atoms with E-state index in [2.05, 4.69) is 15.4 Å². The number of nitro benzene ring substituents is 1. The minimum atomic E-state index is -0.660. The number of hydrazone groups is 1. The van der Waals surface area contributed by atoms with Gasteiger partial charge in [-0.05, 0) is 18.2 Å². The van der Waals surface area contributed by atoms with E-state index >= 15 is 0 Å². The highest BCUT2D eigenvalue weighted by molar-refractivity contribution is 5.81. The van der Waals surface area contributed by atoms with E-state index in [9.17, 15) is 25.0 Å². The van der Waals surface area contributed by atoms with Crippen LogP contribution in [0.25, 0.3) is 0 Å². The average Bonchev–Trinajstić information content (AvgIpc) is 3.18. The predicted octanol–water partition coefficient (Wildman–Crippen LogP) is 1.37. The number of rotatable bonds is 7. The van der Waals surface area contributed by atoms with E-state index in [0.717, 1.165) is 5.69 Å². The van der Waals surface area contributed by atoms with Gasteiger partial charge in [0.25, 0.3) is 11.6 Å². The van der Waals surface area contributed by atoms with Crippen LogP contribution in [-0.4, -0.2) is 59.6 Å². The van der Waals surface area contributed by atoms with E-state index in [0.29, 0.717) is 26.2 Å². The number of hydrogen-bond donors (Lipinski definition) is 1. The molecule has 3 rings (SSSR count). The third kappa shape index (κ3) is 5.35. The van der Waals surface area contributed by atoms with Crippen LogP contribution in [0.4, 0.5) is 17.3 Å². The summed E-state index contributed by atoms with van der Waals surface area (Å²) in [6.45, 7) is 2.83. The summed E-state index contributed by atoms with van der Waals surface area (Å²) in [5, 5.41) is 25.0. The maximum absolute atomic E-state index is 12.0. The molecule has 0 aliphatic carbocycles. The Bertz CT molecular complexity index is 917. The maximum Gasteiger partial charge on any atom is 0.433 e. The normalized spacial score (nSPS) is 14.8. The van der Waals surface area contributed by atoms with Crippen LogP contribution >= 0.6 is 0 Å². The molecule has 1 N–H and O–H groups in total. The number of carbonyl (C=O) groups excluding carboxylic acids is 1. The van der Waals surface area contributed by atoms with E-state index in [4.69, 9.17) is 4.42 Å². The van der Waals surface area contributed by atoms with E-state index in [1.54, 1.807) is 12.1 Å². The van der Waals surface area contributed by atoms with Gasteiger partial charge in [-0.2, -0.15) is 5.10 Å². The number of carbonyl (C=O) groups is 1. The lowest BCUT2D eigenvalue weighted by Gasteiger charge is -2.35. The zero-order valence-corrected chi connectivity index (χ0v) is 15.3. The molecule has 1 aromatic heterocycles. The van der Waals surface area contributed by atoms with Crippen LogP contribution in [0.2, 0.25) is 0 Å². The largest absolute Gasteiger partial charge is 0.433 e. The molecule has 1 amide bonds. The molecule has 1 aromatic carbocycles. The molecule has 1 aliphatic rings. The number of benzene rings is 1. The third-order valence-electron chi connectivity index (χ3n) is 4.34. The molecule has 1 saturated heterocycles. The third-order valence-corrected chi connectivity index (χ3v) is 4.34. The lowest BCUT2D eigenvalue weighted by atomic mass is 10.2. The van der Waals surface area contributed by atoms with Gasteiger partial charge in [0.2, 0.25) is 0 Å². The van der Waals surface area contributed by atoms with E-state index in [1.807, 2.05) is 4.90 Å². The van der Waals surface area contributed by atoms with Crippen molar-refractivity contribution in [2.24, 2.45) is 5.10 Å². The molecule has 12 heteroatoms. The fraction of sp³-hybridized carbons (Fsp3) is 0.294. The molecule has 2 aromatic rings. The first-order valence-corrected chi connectivity index (χ1v) is 8.70. The van der Waals surface area contributed by atoms with Crippen LogP contribution in [0.3, 0.4) is 0 Å². The number of anilines is 1. The number of non-ortho nitro benzene ring substituents is 1. The summed E-state index contributed by atoms with van der Waals surface area (Å²) < 4.78 is 4.90. The SMILES string of the molecule is O=C(CN1CCN(c2ccc([N+](=O)[O-])cc2)CC1)N/N=C/c1ccc([N+](=O)[O-])o1. The lowest BCUT2D eigenvalue weighted by molar-refractivity contribution is -0.402. The van der Waals surface area contributed by atoms with Crippen molar-refractivity contribution in [2.45, 2.75) is 0 Å². The van der Waals surface area contributed by atoms with Crippen LogP contribution in [0.5, 0.6) is 0 Å². The second-order valence-electron chi connectivity index (χ2n) is 6.26. The molecule has 0 unspecified atom stereocenters. The second-order valence-corrected chi connectivity index (χ2v) is 6.26. The fourth-order valence-electron chi connectivity index (χ4n) is 2.87. The Morgan fingerprint density at radius 2 is 1.76 bits per heavy atom. The number of nitrogens with zero attached hydrogens (tertiary/aromatic N) is 5. The highest BCUT2D eigenvalue weighted by Crippen LogP contribution is 2.20. The molecule has 1 fully saturated rings. The highest BCUT2D eigenvalue weighted by Gasteiger charge is 2.19. The molecule has 152 valence electrons. The van der Waals surface area contributed by atoms with Crippen LogP contribution in [0, 0.1) is 20.2 Å². The number of furan rings is 1. The summed E-state index contributed by atoms with van der Waals surface area (Å²) >= 11 is 0. The first-order chi connectivity index (χ1) is 13.9. The van der Waals surface area contributed by atoms with Gasteiger partial charge < -0.3 is 9.32 Å². The van der Waals surface area contributed by atoms with Gasteiger partial charge in [-0.25, -0.2) is 5.43 Å². The van der Waals surface area contributed by atoms with Crippen molar-refractivity contribution < 1.29 is 19.1 Å². The lowest BCUT2D eigenvalue weighted by Crippen LogP contribution is -2.49. The van der Waals surface area contributed by atoms with Crippen molar-refractivity contribution in [3.05, 3.63) is 62.4 Å². The van der Waals surface area contributed by atoms with Gasteiger partial charge in [-0.15, -0.1) is 0 Å². The first-order valence-electron chi connectivity index (χ1n) is 8.70. The van der Waals surface area contributed by atoms with Gasteiger partial charge in [-0.3, -0.25) is 29.9 Å². The van der Waals surface area contributed by atoms with Crippen molar-refractivity contribution in [3.8, 4) is 0 Å². The molecular formula is C17H18N6O6. The van der Waals surface area contributed by atoms with E-state index in [1.165, 1.54) is 30.5 Å². The van der Waals surface area contributed by atoms with Gasteiger partial charge in [0.05, 0.1) is 23.7 Å². The van der Waals surface area contributed by atoms with Gasteiger partial charge in [-0.1, -0.05) is 0 Å². The molecule has 2 heterocycles. The summed E-state index contributed by atoms with van der Waals surface area (Å²) in [4.78, 5) is 36.2.